The second-order valence-corrected chi connectivity index (χ2v) is 9.18. The number of benzene rings is 2. The summed E-state index contributed by atoms with van der Waals surface area (Å²) in [7, 11) is 1.60. The molecule has 2 aromatic carbocycles. The summed E-state index contributed by atoms with van der Waals surface area (Å²) in [4.78, 5) is 26.3. The molecule has 186 valence electrons. The highest BCUT2D eigenvalue weighted by atomic mass is 19.1. The van der Waals surface area contributed by atoms with E-state index in [2.05, 4.69) is 4.98 Å². The van der Waals surface area contributed by atoms with Crippen LogP contribution in [0.25, 0.3) is 11.8 Å². The maximum Gasteiger partial charge on any atom is 0.280 e. The number of hydrogen-bond acceptors (Lipinski definition) is 6. The van der Waals surface area contributed by atoms with Crippen molar-refractivity contribution in [2.24, 2.45) is 4.99 Å². The van der Waals surface area contributed by atoms with Crippen molar-refractivity contribution in [3.8, 4) is 11.4 Å². The molecular weight excluding hydrogens is 461 g/mol. The van der Waals surface area contributed by atoms with Crippen molar-refractivity contribution in [2.75, 3.05) is 26.8 Å². The first kappa shape index (κ1) is 23.7. The van der Waals surface area contributed by atoms with Gasteiger partial charge in [-0.25, -0.2) is 14.4 Å². The van der Waals surface area contributed by atoms with E-state index in [1.165, 1.54) is 12.1 Å². The lowest BCUT2D eigenvalue weighted by Crippen LogP contribution is -2.59. The molecule has 1 saturated heterocycles. The van der Waals surface area contributed by atoms with Gasteiger partial charge in [-0.3, -0.25) is 9.69 Å². The Balaban J connectivity index is 1.53. The number of aryl methyl sites for hydroxylation is 1. The lowest BCUT2D eigenvalue weighted by atomic mass is 9.85. The van der Waals surface area contributed by atoms with E-state index in [-0.39, 0.29) is 24.0 Å². The summed E-state index contributed by atoms with van der Waals surface area (Å²) < 4.78 is 21.1. The van der Waals surface area contributed by atoms with Gasteiger partial charge in [0, 0.05) is 19.3 Å². The minimum absolute atomic E-state index is 0.0558. The Kier molecular flexibility index (Phi) is 6.09. The molecule has 8 nitrogen and oxygen atoms in total. The van der Waals surface area contributed by atoms with E-state index in [1.807, 2.05) is 47.7 Å². The summed E-state index contributed by atoms with van der Waals surface area (Å²) in [6.45, 7) is 4.80. The standard InChI is InChI=1S/C27H28FN5O3/c1-18-16-32(17-29-18)23-9-4-19(15-24(23)36-3)14-22-25(35)33-26(30-22)31(12-13-34)11-10-27(33,2)20-5-7-21(28)8-6-20/h4-9,14-17,34H,10-13H2,1-3H3/b22-14-. The summed E-state index contributed by atoms with van der Waals surface area (Å²) in [6, 6.07) is 11.9. The van der Waals surface area contributed by atoms with Crippen molar-refractivity contribution in [1.82, 2.24) is 19.4 Å². The van der Waals surface area contributed by atoms with Crippen LogP contribution >= 0.6 is 0 Å². The van der Waals surface area contributed by atoms with E-state index in [0.717, 1.165) is 22.5 Å². The molecule has 9 heteroatoms. The molecule has 1 aromatic heterocycles. The van der Waals surface area contributed by atoms with Gasteiger partial charge in [0.2, 0.25) is 5.96 Å². The maximum absolute atomic E-state index is 13.7. The van der Waals surface area contributed by atoms with Gasteiger partial charge in [-0.05, 0) is 61.7 Å². The molecule has 3 heterocycles. The molecule has 0 bridgehead atoms. The molecule has 0 spiro atoms. The van der Waals surface area contributed by atoms with E-state index in [9.17, 15) is 14.3 Å². The highest BCUT2D eigenvalue weighted by molar-refractivity contribution is 6.14. The van der Waals surface area contributed by atoms with Gasteiger partial charge >= 0.3 is 0 Å². The zero-order valence-corrected chi connectivity index (χ0v) is 20.5. The predicted molar refractivity (Wildman–Crippen MR) is 134 cm³/mol. The number of imidazole rings is 1. The van der Waals surface area contributed by atoms with E-state index in [1.54, 1.807) is 36.5 Å². The van der Waals surface area contributed by atoms with Crippen LogP contribution in [0.4, 0.5) is 4.39 Å². The van der Waals surface area contributed by atoms with Crippen molar-refractivity contribution >= 4 is 17.9 Å². The summed E-state index contributed by atoms with van der Waals surface area (Å²) in [5.41, 5.74) is 2.90. The van der Waals surface area contributed by atoms with Crippen LogP contribution in [-0.4, -0.2) is 63.1 Å². The van der Waals surface area contributed by atoms with Gasteiger partial charge < -0.3 is 19.3 Å². The Morgan fingerprint density at radius 2 is 2.00 bits per heavy atom. The Morgan fingerprint density at radius 3 is 2.67 bits per heavy atom. The molecule has 1 unspecified atom stereocenters. The Labute approximate surface area is 209 Å². The molecule has 1 fully saturated rings. The van der Waals surface area contributed by atoms with Gasteiger partial charge in [0.25, 0.3) is 5.91 Å². The first-order valence-electron chi connectivity index (χ1n) is 11.8. The number of ether oxygens (including phenoxy) is 1. The maximum atomic E-state index is 13.7. The van der Waals surface area contributed by atoms with Crippen LogP contribution < -0.4 is 4.74 Å². The molecule has 5 rings (SSSR count). The fourth-order valence-electron chi connectivity index (χ4n) is 4.85. The second-order valence-electron chi connectivity index (χ2n) is 9.18. The largest absolute Gasteiger partial charge is 0.495 e. The third-order valence-electron chi connectivity index (χ3n) is 6.82. The molecule has 2 aliphatic rings. The molecule has 0 aliphatic carbocycles. The summed E-state index contributed by atoms with van der Waals surface area (Å²) in [5, 5.41) is 9.59. The Bertz CT molecular complexity index is 1360. The van der Waals surface area contributed by atoms with Gasteiger partial charge in [-0.2, -0.15) is 0 Å². The number of β-amino-alcohol motifs (C(OH)–C–C–N with tert-alkyl or cyclic N) is 1. The number of amides is 1. The monoisotopic (exact) mass is 489 g/mol. The van der Waals surface area contributed by atoms with Crippen molar-refractivity contribution in [2.45, 2.75) is 25.8 Å². The number of methoxy groups -OCH3 is 1. The van der Waals surface area contributed by atoms with Crippen LogP contribution in [0.15, 0.2) is 65.7 Å². The fraction of sp³-hybridized carbons (Fsp3) is 0.296. The number of fused-ring (bicyclic) bond motifs is 1. The van der Waals surface area contributed by atoms with Gasteiger partial charge in [0.15, 0.2) is 0 Å². The molecule has 1 atom stereocenters. The number of nitrogens with zero attached hydrogens (tertiary/aromatic N) is 5. The van der Waals surface area contributed by atoms with Crippen molar-refractivity contribution < 1.29 is 19.0 Å². The fourth-order valence-corrected chi connectivity index (χ4v) is 4.85. The average molecular weight is 490 g/mol. The van der Waals surface area contributed by atoms with Crippen molar-refractivity contribution in [3.05, 3.63) is 83.3 Å². The number of aliphatic hydroxyl groups is 1. The zero-order valence-electron chi connectivity index (χ0n) is 20.5. The number of carbonyl (C=O) groups excluding carboxylic acids is 1. The third kappa shape index (κ3) is 4.05. The lowest BCUT2D eigenvalue weighted by Gasteiger charge is -2.47. The van der Waals surface area contributed by atoms with Crippen LogP contribution in [-0.2, 0) is 10.3 Å². The normalized spacial score (nSPS) is 20.6. The first-order chi connectivity index (χ1) is 17.3. The predicted octanol–water partition coefficient (Wildman–Crippen LogP) is 3.48. The van der Waals surface area contributed by atoms with E-state index in [4.69, 9.17) is 9.73 Å². The number of aliphatic imine (C=N–C) groups is 1. The minimum Gasteiger partial charge on any atom is -0.495 e. The zero-order chi connectivity index (χ0) is 25.4. The van der Waals surface area contributed by atoms with Gasteiger partial charge in [0.1, 0.15) is 17.3 Å². The topological polar surface area (TPSA) is 83.2 Å². The van der Waals surface area contributed by atoms with Crippen LogP contribution in [0.5, 0.6) is 5.75 Å². The molecule has 1 amide bonds. The highest BCUT2D eigenvalue weighted by Crippen LogP contribution is 2.41. The number of carbonyl (C=O) groups is 1. The molecule has 36 heavy (non-hydrogen) atoms. The minimum atomic E-state index is -0.702. The number of halogens is 1. The SMILES string of the molecule is COc1cc(/C=C2\N=C3N(CCO)CCC(C)(c4ccc(F)cc4)N3C2=O)ccc1-n1cnc(C)c1. The molecule has 0 saturated carbocycles. The summed E-state index contributed by atoms with van der Waals surface area (Å²) in [5.74, 6) is 0.560. The number of aromatic nitrogens is 2. The summed E-state index contributed by atoms with van der Waals surface area (Å²) in [6.07, 6.45) is 5.99. The second kappa shape index (κ2) is 9.23. The lowest BCUT2D eigenvalue weighted by molar-refractivity contribution is -0.128. The highest BCUT2D eigenvalue weighted by Gasteiger charge is 2.49. The number of guanidine groups is 1. The Morgan fingerprint density at radius 1 is 1.22 bits per heavy atom. The average Bonchev–Trinajstić information content (AvgIpc) is 3.45. The number of rotatable bonds is 6. The molecule has 1 N–H and O–H groups in total. The number of aliphatic hydroxyl groups excluding tert-OH is 1. The van der Waals surface area contributed by atoms with E-state index in [0.29, 0.717) is 31.2 Å². The van der Waals surface area contributed by atoms with E-state index >= 15 is 0 Å². The van der Waals surface area contributed by atoms with Crippen LogP contribution in [0, 0.1) is 12.7 Å². The number of hydrogen-bond donors (Lipinski definition) is 1. The molecule has 3 aromatic rings. The van der Waals surface area contributed by atoms with Gasteiger partial charge in [-0.15, -0.1) is 0 Å². The van der Waals surface area contributed by atoms with Gasteiger partial charge in [-0.1, -0.05) is 18.2 Å². The van der Waals surface area contributed by atoms with Crippen molar-refractivity contribution in [1.29, 1.82) is 0 Å². The quantitative estimate of drug-likeness (QED) is 0.536. The molecule has 2 aliphatic heterocycles. The summed E-state index contributed by atoms with van der Waals surface area (Å²) >= 11 is 0. The van der Waals surface area contributed by atoms with Gasteiger partial charge in [0.05, 0.1) is 37.0 Å². The third-order valence-corrected chi connectivity index (χ3v) is 6.82. The first-order valence-corrected chi connectivity index (χ1v) is 11.8. The van der Waals surface area contributed by atoms with Crippen LogP contribution in [0.1, 0.15) is 30.2 Å². The van der Waals surface area contributed by atoms with Crippen LogP contribution in [0.3, 0.4) is 0 Å². The molecular formula is C27H28FN5O3. The smallest absolute Gasteiger partial charge is 0.280 e. The Hall–Kier alpha value is -3.98. The van der Waals surface area contributed by atoms with Crippen LogP contribution in [0.2, 0.25) is 0 Å². The molecule has 0 radical (unpaired) electrons. The van der Waals surface area contributed by atoms with Crippen molar-refractivity contribution in [3.63, 3.8) is 0 Å². The van der Waals surface area contributed by atoms with E-state index < -0.39 is 5.54 Å².